The fraction of sp³-hybridized carbons (Fsp3) is 0.400. The molecule has 3 heteroatoms. The molecule has 0 unspecified atom stereocenters. The molecule has 0 saturated heterocycles. The smallest absolute Gasteiger partial charge is 0.139 e. The van der Waals surface area contributed by atoms with Crippen LogP contribution in [0.15, 0.2) is 28.7 Å². The summed E-state index contributed by atoms with van der Waals surface area (Å²) >= 11 is 0. The van der Waals surface area contributed by atoms with Gasteiger partial charge in [0.2, 0.25) is 0 Å². The van der Waals surface area contributed by atoms with E-state index in [4.69, 9.17) is 4.42 Å². The van der Waals surface area contributed by atoms with Crippen molar-refractivity contribution in [3.05, 3.63) is 35.4 Å². The number of aromatic hydroxyl groups is 2. The monoisotopic (exact) mass is 312 g/mol. The van der Waals surface area contributed by atoms with Crippen LogP contribution in [0.4, 0.5) is 0 Å². The Morgan fingerprint density at radius 1 is 0.652 bits per heavy atom. The number of rotatable bonds is 0. The van der Waals surface area contributed by atoms with Crippen molar-refractivity contribution in [2.45, 2.75) is 52.4 Å². The first-order valence-electron chi connectivity index (χ1n) is 7.91. The molecular weight excluding hydrogens is 288 g/mol. The lowest BCUT2D eigenvalue weighted by Crippen LogP contribution is -2.11. The molecule has 0 fully saturated rings. The molecule has 1 heterocycles. The molecule has 0 spiro atoms. The zero-order valence-corrected chi connectivity index (χ0v) is 14.6. The lowest BCUT2D eigenvalue weighted by atomic mass is 9.84. The van der Waals surface area contributed by atoms with Gasteiger partial charge in [-0.1, -0.05) is 41.5 Å². The van der Waals surface area contributed by atoms with Gasteiger partial charge < -0.3 is 14.6 Å². The van der Waals surface area contributed by atoms with E-state index >= 15 is 0 Å². The second kappa shape index (κ2) is 4.67. The summed E-state index contributed by atoms with van der Waals surface area (Å²) in [6, 6.07) is 7.34. The van der Waals surface area contributed by atoms with E-state index in [1.807, 2.05) is 12.1 Å². The van der Waals surface area contributed by atoms with Crippen LogP contribution in [-0.4, -0.2) is 10.2 Å². The highest BCUT2D eigenvalue weighted by molar-refractivity contribution is 6.06. The van der Waals surface area contributed by atoms with Gasteiger partial charge in [-0.25, -0.2) is 0 Å². The molecule has 0 aliphatic carbocycles. The molecule has 23 heavy (non-hydrogen) atoms. The van der Waals surface area contributed by atoms with Crippen LogP contribution in [0.5, 0.6) is 11.5 Å². The average molecular weight is 312 g/mol. The van der Waals surface area contributed by atoms with Gasteiger partial charge in [-0.05, 0) is 23.0 Å². The van der Waals surface area contributed by atoms with Crippen LogP contribution >= 0.6 is 0 Å². The molecule has 0 atom stereocenters. The second-order valence-corrected chi connectivity index (χ2v) is 8.33. The summed E-state index contributed by atoms with van der Waals surface area (Å²) in [5.74, 6) is 0.480. The van der Waals surface area contributed by atoms with Crippen molar-refractivity contribution < 1.29 is 14.6 Å². The van der Waals surface area contributed by atoms with E-state index in [0.717, 1.165) is 21.9 Å². The Morgan fingerprint density at radius 2 is 1.00 bits per heavy atom. The Kier molecular flexibility index (Phi) is 3.19. The van der Waals surface area contributed by atoms with E-state index in [-0.39, 0.29) is 22.3 Å². The van der Waals surface area contributed by atoms with Gasteiger partial charge in [-0.15, -0.1) is 0 Å². The van der Waals surface area contributed by atoms with Crippen molar-refractivity contribution in [3.63, 3.8) is 0 Å². The Balaban J connectivity index is 2.40. The predicted molar refractivity (Wildman–Crippen MR) is 94.4 cm³/mol. The average Bonchev–Trinajstić information content (AvgIpc) is 2.70. The number of phenolic OH excluding ortho intramolecular Hbond substituents is 2. The van der Waals surface area contributed by atoms with Gasteiger partial charge in [0.05, 0.1) is 0 Å². The summed E-state index contributed by atoms with van der Waals surface area (Å²) in [4.78, 5) is 0. The number of fused-ring (bicyclic) bond motifs is 3. The highest BCUT2D eigenvalue weighted by Crippen LogP contribution is 2.41. The molecule has 3 rings (SSSR count). The highest BCUT2D eigenvalue weighted by Gasteiger charge is 2.23. The third-order valence-electron chi connectivity index (χ3n) is 4.32. The van der Waals surface area contributed by atoms with E-state index in [0.29, 0.717) is 11.2 Å². The zero-order valence-electron chi connectivity index (χ0n) is 14.6. The van der Waals surface area contributed by atoms with Gasteiger partial charge in [0, 0.05) is 34.0 Å². The summed E-state index contributed by atoms with van der Waals surface area (Å²) in [6.45, 7) is 12.4. The molecule has 0 aliphatic rings. The maximum atomic E-state index is 10.3. The number of phenols is 2. The van der Waals surface area contributed by atoms with Crippen molar-refractivity contribution in [2.75, 3.05) is 0 Å². The second-order valence-electron chi connectivity index (χ2n) is 8.33. The van der Waals surface area contributed by atoms with Crippen LogP contribution < -0.4 is 0 Å². The SMILES string of the molecule is CC(C)(C)c1cc2c(cc1O)oc1cc(O)c(C(C)(C)C)cc12. The van der Waals surface area contributed by atoms with Gasteiger partial charge in [0.25, 0.3) is 0 Å². The number of hydrogen-bond acceptors (Lipinski definition) is 3. The molecule has 2 aromatic carbocycles. The summed E-state index contributed by atoms with van der Waals surface area (Å²) in [6.07, 6.45) is 0. The Bertz CT molecular complexity index is 828. The fourth-order valence-electron chi connectivity index (χ4n) is 3.05. The van der Waals surface area contributed by atoms with Crippen LogP contribution in [-0.2, 0) is 10.8 Å². The molecule has 0 radical (unpaired) electrons. The third kappa shape index (κ3) is 2.54. The van der Waals surface area contributed by atoms with Gasteiger partial charge >= 0.3 is 0 Å². The Morgan fingerprint density at radius 3 is 1.30 bits per heavy atom. The molecule has 3 aromatic rings. The quantitative estimate of drug-likeness (QED) is 0.568. The minimum atomic E-state index is -0.161. The first-order valence-corrected chi connectivity index (χ1v) is 7.91. The van der Waals surface area contributed by atoms with E-state index in [1.165, 1.54) is 0 Å². The summed E-state index contributed by atoms with van der Waals surface area (Å²) in [5, 5.41) is 22.5. The van der Waals surface area contributed by atoms with E-state index in [9.17, 15) is 10.2 Å². The van der Waals surface area contributed by atoms with Crippen molar-refractivity contribution in [2.24, 2.45) is 0 Å². The topological polar surface area (TPSA) is 53.6 Å². The van der Waals surface area contributed by atoms with Gasteiger partial charge in [-0.3, -0.25) is 0 Å². The fourth-order valence-corrected chi connectivity index (χ4v) is 3.05. The molecule has 3 nitrogen and oxygen atoms in total. The molecule has 0 saturated carbocycles. The van der Waals surface area contributed by atoms with Gasteiger partial charge in [-0.2, -0.15) is 0 Å². The van der Waals surface area contributed by atoms with Gasteiger partial charge in [0.15, 0.2) is 0 Å². The molecule has 0 bridgehead atoms. The lowest BCUT2D eigenvalue weighted by molar-refractivity contribution is 0.446. The molecule has 0 aliphatic heterocycles. The maximum Gasteiger partial charge on any atom is 0.139 e. The number of benzene rings is 2. The maximum absolute atomic E-state index is 10.3. The standard InChI is InChI=1S/C20H24O3/c1-19(2,3)13-7-11-12-8-14(20(4,5)6)16(22)10-18(12)23-17(11)9-15(13)21/h7-10,21-22H,1-6H3. The third-order valence-corrected chi connectivity index (χ3v) is 4.32. The largest absolute Gasteiger partial charge is 0.508 e. The van der Waals surface area contributed by atoms with Crippen LogP contribution in [0.3, 0.4) is 0 Å². The van der Waals surface area contributed by atoms with Crippen LogP contribution in [0, 0.1) is 0 Å². The molecule has 122 valence electrons. The van der Waals surface area contributed by atoms with Crippen LogP contribution in [0.2, 0.25) is 0 Å². The molecule has 2 N–H and O–H groups in total. The van der Waals surface area contributed by atoms with Crippen molar-refractivity contribution in [1.82, 2.24) is 0 Å². The first-order chi connectivity index (χ1) is 10.5. The molecular formula is C20H24O3. The zero-order chi connectivity index (χ0) is 17.2. The predicted octanol–water partition coefficient (Wildman–Crippen LogP) is 5.59. The first kappa shape index (κ1) is 15.7. The van der Waals surface area contributed by atoms with Crippen LogP contribution in [0.1, 0.15) is 52.7 Å². The summed E-state index contributed by atoms with van der Waals surface area (Å²) < 4.78 is 5.83. The molecule has 0 amide bonds. The van der Waals surface area contributed by atoms with E-state index < -0.39 is 0 Å². The summed E-state index contributed by atoms with van der Waals surface area (Å²) in [7, 11) is 0. The Hall–Kier alpha value is -2.16. The lowest BCUT2D eigenvalue weighted by Gasteiger charge is -2.21. The number of hydrogen-bond donors (Lipinski definition) is 2. The van der Waals surface area contributed by atoms with Crippen LogP contribution in [0.25, 0.3) is 21.9 Å². The Labute approximate surface area is 136 Å². The highest BCUT2D eigenvalue weighted by atomic mass is 16.3. The van der Waals surface area contributed by atoms with Crippen molar-refractivity contribution in [1.29, 1.82) is 0 Å². The molecule has 1 aromatic heterocycles. The number of furan rings is 1. The minimum Gasteiger partial charge on any atom is -0.508 e. The normalized spacial score (nSPS) is 13.1. The summed E-state index contributed by atoms with van der Waals surface area (Å²) in [5.41, 5.74) is 2.72. The van der Waals surface area contributed by atoms with Crippen molar-refractivity contribution in [3.8, 4) is 11.5 Å². The van der Waals surface area contributed by atoms with E-state index in [1.54, 1.807) is 12.1 Å². The van der Waals surface area contributed by atoms with Crippen molar-refractivity contribution >= 4 is 21.9 Å². The van der Waals surface area contributed by atoms with E-state index in [2.05, 4.69) is 41.5 Å². The van der Waals surface area contributed by atoms with Gasteiger partial charge in [0.1, 0.15) is 22.7 Å². The minimum absolute atomic E-state index is 0.161.